The van der Waals surface area contributed by atoms with E-state index in [1.165, 1.54) is 19.2 Å². The molecule has 7 nitrogen and oxygen atoms in total. The minimum Gasteiger partial charge on any atom is -0.494 e. The van der Waals surface area contributed by atoms with Gasteiger partial charge in [-0.25, -0.2) is 9.18 Å². The number of aliphatic hydroxyl groups excluding tert-OH is 1. The van der Waals surface area contributed by atoms with E-state index in [1.54, 1.807) is 18.3 Å². The first-order valence-electron chi connectivity index (χ1n) is 10.8. The van der Waals surface area contributed by atoms with Gasteiger partial charge in [0.2, 0.25) is 0 Å². The van der Waals surface area contributed by atoms with E-state index in [2.05, 4.69) is 4.98 Å². The van der Waals surface area contributed by atoms with Gasteiger partial charge in [-0.1, -0.05) is 20.8 Å². The van der Waals surface area contributed by atoms with Crippen molar-refractivity contribution in [3.05, 3.63) is 41.8 Å². The molecular weight excluding hydrogens is 432 g/mol. The molecule has 0 bridgehead atoms. The summed E-state index contributed by atoms with van der Waals surface area (Å²) in [4.78, 5) is 18.0. The first-order chi connectivity index (χ1) is 15.6. The number of alkyl halides is 1. The van der Waals surface area contributed by atoms with Crippen LogP contribution in [-0.2, 0) is 11.3 Å². The number of halogens is 2. The molecule has 180 valence electrons. The van der Waals surface area contributed by atoms with E-state index < -0.39 is 24.7 Å². The van der Waals surface area contributed by atoms with Gasteiger partial charge in [0, 0.05) is 23.6 Å². The molecule has 1 saturated heterocycles. The molecule has 1 aliphatic rings. The normalized spacial score (nSPS) is 21.1. The van der Waals surface area contributed by atoms with E-state index in [4.69, 9.17) is 15.2 Å². The number of amides is 1. The van der Waals surface area contributed by atoms with Crippen LogP contribution in [0.15, 0.2) is 30.5 Å². The van der Waals surface area contributed by atoms with Crippen molar-refractivity contribution in [2.45, 2.75) is 45.9 Å². The molecule has 1 fully saturated rings. The van der Waals surface area contributed by atoms with Crippen LogP contribution in [0.4, 0.5) is 19.3 Å². The van der Waals surface area contributed by atoms with Gasteiger partial charge in [-0.3, -0.25) is 9.37 Å². The van der Waals surface area contributed by atoms with Crippen molar-refractivity contribution in [3.63, 3.8) is 0 Å². The number of ether oxygens (including phenoxy) is 2. The van der Waals surface area contributed by atoms with Gasteiger partial charge in [0.1, 0.15) is 6.10 Å². The van der Waals surface area contributed by atoms with E-state index in [9.17, 15) is 18.7 Å². The fourth-order valence-electron chi connectivity index (χ4n) is 4.63. The Bertz CT molecular complexity index is 996. The molecule has 1 aromatic carbocycles. The zero-order valence-electron chi connectivity index (χ0n) is 19.3. The van der Waals surface area contributed by atoms with Crippen LogP contribution in [-0.4, -0.2) is 48.7 Å². The number of hydrogen-bond acceptors (Lipinski definition) is 6. The topological polar surface area (TPSA) is 97.9 Å². The van der Waals surface area contributed by atoms with Crippen molar-refractivity contribution in [2.24, 2.45) is 17.1 Å². The third kappa shape index (κ3) is 5.35. The monoisotopic (exact) mass is 463 g/mol. The Morgan fingerprint density at radius 1 is 1.33 bits per heavy atom. The van der Waals surface area contributed by atoms with Gasteiger partial charge in [-0.2, -0.15) is 0 Å². The zero-order chi connectivity index (χ0) is 24.3. The third-order valence-corrected chi connectivity index (χ3v) is 5.97. The smallest absolute Gasteiger partial charge is 0.404 e. The molecule has 9 heteroatoms. The highest BCUT2D eigenvalue weighted by molar-refractivity contribution is 5.67. The van der Waals surface area contributed by atoms with E-state index in [0.717, 1.165) is 0 Å². The van der Waals surface area contributed by atoms with Crippen molar-refractivity contribution >= 4 is 11.8 Å². The number of nitrogens with zero attached hydrogens (tertiary/aromatic N) is 2. The SMILES string of the molecule is COc1ccc(-c2cc(CO)c(N3C[C@H](CF)C[C@@H](OC(N)=O)C3C(C)(C)C)cn2)cc1F. The molecule has 0 aliphatic carbocycles. The van der Waals surface area contributed by atoms with Gasteiger partial charge in [-0.15, -0.1) is 0 Å². The molecule has 0 saturated carbocycles. The lowest BCUT2D eigenvalue weighted by atomic mass is 9.76. The maximum absolute atomic E-state index is 14.2. The Kier molecular flexibility index (Phi) is 7.41. The summed E-state index contributed by atoms with van der Waals surface area (Å²) in [7, 11) is 1.39. The molecule has 3 rings (SSSR count). The van der Waals surface area contributed by atoms with Crippen LogP contribution in [0.2, 0.25) is 0 Å². The number of carbonyl (C=O) groups excluding carboxylic acids is 1. The Labute approximate surface area is 192 Å². The predicted molar refractivity (Wildman–Crippen MR) is 121 cm³/mol. The summed E-state index contributed by atoms with van der Waals surface area (Å²) >= 11 is 0. The minimum atomic E-state index is -0.911. The van der Waals surface area contributed by atoms with Crippen molar-refractivity contribution in [2.75, 3.05) is 25.2 Å². The van der Waals surface area contributed by atoms with Crippen LogP contribution in [0.3, 0.4) is 0 Å². The Hall–Kier alpha value is -2.94. The number of hydrogen-bond donors (Lipinski definition) is 2. The standard InChI is InChI=1S/C24H31F2N3O4/c1-24(2,3)22-21(33-23(27)31)7-14(10-25)12-29(22)19-11-28-18(9-16(19)13-30)15-5-6-20(32-4)17(26)8-15/h5-6,8-9,11,14,21-22,30H,7,10,12-13H2,1-4H3,(H2,27,31)/t14-,21+,22?/m0/s1. The molecule has 3 N–H and O–H groups in total. The number of rotatable bonds is 6. The van der Waals surface area contributed by atoms with Crippen LogP contribution in [0.1, 0.15) is 32.8 Å². The molecule has 2 aromatic rings. The number of primary amides is 1. The Morgan fingerprint density at radius 2 is 2.06 bits per heavy atom. The largest absolute Gasteiger partial charge is 0.494 e. The van der Waals surface area contributed by atoms with Gasteiger partial charge in [0.25, 0.3) is 0 Å². The first kappa shape index (κ1) is 24.7. The average molecular weight is 464 g/mol. The van der Waals surface area contributed by atoms with Crippen LogP contribution in [0.5, 0.6) is 5.75 Å². The first-order valence-corrected chi connectivity index (χ1v) is 10.8. The lowest BCUT2D eigenvalue weighted by molar-refractivity contribution is 0.0216. The van der Waals surface area contributed by atoms with Crippen molar-refractivity contribution in [1.82, 2.24) is 4.98 Å². The number of benzene rings is 1. The van der Waals surface area contributed by atoms with Gasteiger partial charge in [0.05, 0.1) is 44.0 Å². The van der Waals surface area contributed by atoms with Crippen LogP contribution >= 0.6 is 0 Å². The second-order valence-electron chi connectivity index (χ2n) is 9.40. The molecule has 1 aromatic heterocycles. The molecule has 33 heavy (non-hydrogen) atoms. The summed E-state index contributed by atoms with van der Waals surface area (Å²) in [6.45, 7) is 5.47. The van der Waals surface area contributed by atoms with Crippen LogP contribution in [0, 0.1) is 17.2 Å². The van der Waals surface area contributed by atoms with Crippen molar-refractivity contribution < 1.29 is 28.2 Å². The van der Waals surface area contributed by atoms with Crippen molar-refractivity contribution in [1.29, 1.82) is 0 Å². The van der Waals surface area contributed by atoms with E-state index in [-0.39, 0.29) is 29.7 Å². The molecular formula is C24H31F2N3O4. The molecule has 0 radical (unpaired) electrons. The minimum absolute atomic E-state index is 0.122. The molecule has 1 aliphatic heterocycles. The number of nitrogens with two attached hydrogens (primary N) is 1. The number of pyridine rings is 1. The second kappa shape index (κ2) is 9.91. The summed E-state index contributed by atoms with van der Waals surface area (Å²) in [5, 5.41) is 10.2. The molecule has 0 spiro atoms. The molecule has 2 heterocycles. The molecule has 3 atom stereocenters. The highest BCUT2D eigenvalue weighted by Gasteiger charge is 2.45. The number of aromatic nitrogens is 1. The lowest BCUT2D eigenvalue weighted by Crippen LogP contribution is -2.59. The second-order valence-corrected chi connectivity index (χ2v) is 9.40. The molecule has 1 unspecified atom stereocenters. The number of anilines is 1. The predicted octanol–water partition coefficient (Wildman–Crippen LogP) is 4.06. The third-order valence-electron chi connectivity index (χ3n) is 5.97. The lowest BCUT2D eigenvalue weighted by Gasteiger charge is -2.50. The van der Waals surface area contributed by atoms with Gasteiger partial charge >= 0.3 is 6.09 Å². The Balaban J connectivity index is 2.06. The van der Waals surface area contributed by atoms with E-state index in [1.807, 2.05) is 25.7 Å². The molecule has 1 amide bonds. The quantitative estimate of drug-likeness (QED) is 0.670. The average Bonchev–Trinajstić information content (AvgIpc) is 2.76. The van der Waals surface area contributed by atoms with Gasteiger partial charge < -0.3 is 25.2 Å². The number of piperidine rings is 1. The zero-order valence-corrected chi connectivity index (χ0v) is 19.3. The van der Waals surface area contributed by atoms with E-state index in [0.29, 0.717) is 35.5 Å². The summed E-state index contributed by atoms with van der Waals surface area (Å²) < 4.78 is 38.3. The van der Waals surface area contributed by atoms with Gasteiger partial charge in [-0.05, 0) is 36.1 Å². The highest BCUT2D eigenvalue weighted by atomic mass is 19.1. The number of aliphatic hydroxyl groups is 1. The fraction of sp³-hybridized carbons (Fsp3) is 0.500. The number of carbonyl (C=O) groups is 1. The summed E-state index contributed by atoms with van der Waals surface area (Å²) in [5.41, 5.74) is 7.08. The number of methoxy groups -OCH3 is 1. The highest BCUT2D eigenvalue weighted by Crippen LogP contribution is 2.40. The summed E-state index contributed by atoms with van der Waals surface area (Å²) in [5.74, 6) is -0.779. The Morgan fingerprint density at radius 3 is 2.61 bits per heavy atom. The summed E-state index contributed by atoms with van der Waals surface area (Å²) in [6.07, 6.45) is 0.400. The van der Waals surface area contributed by atoms with Crippen LogP contribution < -0.4 is 15.4 Å². The van der Waals surface area contributed by atoms with Crippen LogP contribution in [0.25, 0.3) is 11.3 Å². The van der Waals surface area contributed by atoms with Gasteiger partial charge in [0.15, 0.2) is 11.6 Å². The maximum atomic E-state index is 14.2. The fourth-order valence-corrected chi connectivity index (χ4v) is 4.63. The maximum Gasteiger partial charge on any atom is 0.404 e. The summed E-state index contributed by atoms with van der Waals surface area (Å²) in [6, 6.07) is 5.86. The van der Waals surface area contributed by atoms with Crippen molar-refractivity contribution in [3.8, 4) is 17.0 Å². The van der Waals surface area contributed by atoms with E-state index >= 15 is 0 Å².